The minimum Gasteiger partial charge on any atom is -0.207 e. The second-order valence-corrected chi connectivity index (χ2v) is 9.04. The van der Waals surface area contributed by atoms with E-state index in [-0.39, 0.29) is 5.19 Å². The van der Waals surface area contributed by atoms with E-state index in [1.807, 2.05) is 19.6 Å². The largest absolute Gasteiger partial charge is 0.207 e. The van der Waals surface area contributed by atoms with Crippen molar-refractivity contribution in [1.82, 2.24) is 0 Å². The summed E-state index contributed by atoms with van der Waals surface area (Å²) < 4.78 is 38.7. The predicted octanol–water partition coefficient (Wildman–Crippen LogP) is 2.65. The van der Waals surface area contributed by atoms with E-state index >= 15 is 0 Å². The fourth-order valence-electron chi connectivity index (χ4n) is 1.10. The van der Waals surface area contributed by atoms with E-state index < -0.39 is 25.5 Å². The van der Waals surface area contributed by atoms with Gasteiger partial charge in [0.1, 0.15) is 5.82 Å². The van der Waals surface area contributed by atoms with Crippen LogP contribution in [0.5, 0.6) is 0 Å². The molecule has 0 amide bonds. The van der Waals surface area contributed by atoms with E-state index in [1.54, 1.807) is 0 Å². The maximum absolute atomic E-state index is 13.2. The van der Waals surface area contributed by atoms with Gasteiger partial charge in [-0.05, 0) is 11.3 Å². The fraction of sp³-hybridized carbons (Fsp3) is 0.333. The third kappa shape index (κ3) is 2.12. The van der Waals surface area contributed by atoms with Gasteiger partial charge in [0.15, 0.2) is 11.6 Å². The zero-order valence-corrected chi connectivity index (χ0v) is 8.79. The molecule has 0 aliphatic rings. The lowest BCUT2D eigenvalue weighted by Crippen LogP contribution is -2.40. The van der Waals surface area contributed by atoms with Gasteiger partial charge in [-0.15, -0.1) is 0 Å². The highest BCUT2D eigenvalue weighted by Crippen LogP contribution is 2.11. The molecule has 0 unspecified atom stereocenters. The van der Waals surface area contributed by atoms with E-state index in [4.69, 9.17) is 0 Å². The van der Waals surface area contributed by atoms with Gasteiger partial charge in [0.25, 0.3) is 0 Å². The van der Waals surface area contributed by atoms with Crippen molar-refractivity contribution in [3.8, 4) is 0 Å². The van der Waals surface area contributed by atoms with E-state index in [2.05, 4.69) is 0 Å². The molecule has 13 heavy (non-hydrogen) atoms. The Hall–Kier alpha value is -0.773. The van der Waals surface area contributed by atoms with Crippen molar-refractivity contribution in [2.45, 2.75) is 19.6 Å². The van der Waals surface area contributed by atoms with Crippen molar-refractivity contribution in [2.24, 2.45) is 0 Å². The van der Waals surface area contributed by atoms with Crippen LogP contribution >= 0.6 is 0 Å². The third-order valence-corrected chi connectivity index (χ3v) is 3.78. The molecule has 72 valence electrons. The zero-order chi connectivity index (χ0) is 10.2. The molecule has 1 rings (SSSR count). The molecule has 0 bridgehead atoms. The zero-order valence-electron chi connectivity index (χ0n) is 7.79. The first-order valence-corrected chi connectivity index (χ1v) is 7.47. The quantitative estimate of drug-likeness (QED) is 0.487. The normalized spacial score (nSPS) is 11.8. The van der Waals surface area contributed by atoms with Crippen molar-refractivity contribution in [1.29, 1.82) is 0 Å². The summed E-state index contributed by atoms with van der Waals surface area (Å²) in [7, 11) is -2.00. The Bertz CT molecular complexity index is 328. The summed E-state index contributed by atoms with van der Waals surface area (Å²) in [6.07, 6.45) is 0. The Labute approximate surface area is 76.4 Å². The third-order valence-electron chi connectivity index (χ3n) is 1.80. The van der Waals surface area contributed by atoms with Crippen LogP contribution in [0.15, 0.2) is 12.1 Å². The molecule has 0 spiro atoms. The van der Waals surface area contributed by atoms with Crippen molar-refractivity contribution < 1.29 is 13.2 Å². The highest BCUT2D eigenvalue weighted by Gasteiger charge is 2.23. The van der Waals surface area contributed by atoms with Crippen LogP contribution < -0.4 is 5.19 Å². The summed E-state index contributed by atoms with van der Waals surface area (Å²) in [6, 6.07) is 1.66. The van der Waals surface area contributed by atoms with Crippen LogP contribution in [0, 0.1) is 17.5 Å². The minimum atomic E-state index is -2.00. The molecule has 0 nitrogen and oxygen atoms in total. The summed E-state index contributed by atoms with van der Waals surface area (Å²) in [6.45, 7) is 5.51. The molecule has 0 aromatic heterocycles. The molecule has 1 aromatic carbocycles. The lowest BCUT2D eigenvalue weighted by molar-refractivity contribution is 0.500. The smallest absolute Gasteiger partial charge is 0.161 e. The molecule has 0 atom stereocenters. The number of hydrogen-bond acceptors (Lipinski definition) is 0. The summed E-state index contributed by atoms with van der Waals surface area (Å²) in [5.74, 6) is -2.71. The number of benzene rings is 1. The first-order chi connectivity index (χ1) is 5.82. The molecule has 0 saturated heterocycles. The van der Waals surface area contributed by atoms with Crippen LogP contribution in [0.1, 0.15) is 0 Å². The molecule has 0 aliphatic carbocycles. The van der Waals surface area contributed by atoms with Gasteiger partial charge in [-0.1, -0.05) is 19.6 Å². The second-order valence-electron chi connectivity index (χ2n) is 4.00. The van der Waals surface area contributed by atoms with E-state index in [0.29, 0.717) is 6.07 Å². The highest BCUT2D eigenvalue weighted by atomic mass is 28.3. The Morgan fingerprint density at radius 2 is 1.54 bits per heavy atom. The van der Waals surface area contributed by atoms with Crippen LogP contribution in [0.3, 0.4) is 0 Å². The van der Waals surface area contributed by atoms with Crippen molar-refractivity contribution in [3.63, 3.8) is 0 Å². The van der Waals surface area contributed by atoms with Crippen molar-refractivity contribution in [2.75, 3.05) is 0 Å². The average molecular weight is 204 g/mol. The maximum Gasteiger partial charge on any atom is 0.161 e. The van der Waals surface area contributed by atoms with E-state index in [9.17, 15) is 13.2 Å². The van der Waals surface area contributed by atoms with Gasteiger partial charge in [-0.25, -0.2) is 13.2 Å². The topological polar surface area (TPSA) is 0 Å². The van der Waals surface area contributed by atoms with Crippen LogP contribution in [-0.4, -0.2) is 8.07 Å². The SMILES string of the molecule is C[Si](C)(C)c1cc(F)cc(F)c1F. The van der Waals surface area contributed by atoms with Gasteiger partial charge in [0.05, 0.1) is 8.07 Å². The first-order valence-electron chi connectivity index (χ1n) is 3.97. The summed E-state index contributed by atoms with van der Waals surface area (Å²) in [5, 5.41) is 0.199. The monoisotopic (exact) mass is 204 g/mol. The molecule has 0 saturated carbocycles. The lowest BCUT2D eigenvalue weighted by Gasteiger charge is -2.17. The summed E-state index contributed by atoms with van der Waals surface area (Å²) in [4.78, 5) is 0. The van der Waals surface area contributed by atoms with Gasteiger partial charge < -0.3 is 0 Å². The van der Waals surface area contributed by atoms with E-state index in [0.717, 1.165) is 6.07 Å². The Morgan fingerprint density at radius 3 is 2.00 bits per heavy atom. The average Bonchev–Trinajstić information content (AvgIpc) is 1.94. The van der Waals surface area contributed by atoms with Crippen LogP contribution in [-0.2, 0) is 0 Å². The number of hydrogen-bond donors (Lipinski definition) is 0. The Kier molecular flexibility index (Phi) is 2.52. The van der Waals surface area contributed by atoms with Gasteiger partial charge in [0, 0.05) is 6.07 Å². The van der Waals surface area contributed by atoms with Crippen LogP contribution in [0.2, 0.25) is 19.6 Å². The number of halogens is 3. The van der Waals surface area contributed by atoms with Crippen molar-refractivity contribution in [3.05, 3.63) is 29.6 Å². The fourth-order valence-corrected chi connectivity index (χ4v) is 2.45. The first kappa shape index (κ1) is 10.3. The molecule has 0 radical (unpaired) electrons. The Balaban J connectivity index is 3.37. The molecular formula is C9H11F3Si. The number of rotatable bonds is 1. The maximum atomic E-state index is 13.2. The lowest BCUT2D eigenvalue weighted by atomic mass is 10.3. The Morgan fingerprint density at radius 1 is 1.00 bits per heavy atom. The van der Waals surface area contributed by atoms with Crippen LogP contribution in [0.25, 0.3) is 0 Å². The van der Waals surface area contributed by atoms with Crippen molar-refractivity contribution >= 4 is 13.3 Å². The van der Waals surface area contributed by atoms with Gasteiger partial charge in [-0.2, -0.15) is 0 Å². The molecule has 1 aromatic rings. The molecule has 0 heterocycles. The molecule has 0 N–H and O–H groups in total. The summed E-state index contributed by atoms with van der Waals surface area (Å²) in [5.41, 5.74) is 0. The minimum absolute atomic E-state index is 0.199. The van der Waals surface area contributed by atoms with Gasteiger partial charge in [-0.3, -0.25) is 0 Å². The van der Waals surface area contributed by atoms with E-state index in [1.165, 1.54) is 0 Å². The van der Waals surface area contributed by atoms with Gasteiger partial charge in [0.2, 0.25) is 0 Å². The highest BCUT2D eigenvalue weighted by molar-refractivity contribution is 6.88. The van der Waals surface area contributed by atoms with Gasteiger partial charge >= 0.3 is 0 Å². The molecular weight excluding hydrogens is 193 g/mol. The second kappa shape index (κ2) is 3.18. The molecule has 4 heteroatoms. The molecule has 0 fully saturated rings. The molecule has 0 aliphatic heterocycles. The standard InChI is InChI=1S/C9H11F3Si/c1-13(2,3)8-5-6(10)4-7(11)9(8)12/h4-5H,1-3H3. The van der Waals surface area contributed by atoms with Crippen LogP contribution in [0.4, 0.5) is 13.2 Å². The summed E-state index contributed by atoms with van der Waals surface area (Å²) >= 11 is 0. The predicted molar refractivity (Wildman–Crippen MR) is 49.3 cm³/mol.